The molecule has 0 aliphatic carbocycles. The third-order valence-corrected chi connectivity index (χ3v) is 3.98. The predicted molar refractivity (Wildman–Crippen MR) is 84.3 cm³/mol. The second kappa shape index (κ2) is 6.28. The number of benzene rings is 1. The van der Waals surface area contributed by atoms with Crippen LogP contribution in [0.1, 0.15) is 18.5 Å². The van der Waals surface area contributed by atoms with Gasteiger partial charge in [0, 0.05) is 30.2 Å². The van der Waals surface area contributed by atoms with E-state index in [1.54, 1.807) is 13.1 Å². The van der Waals surface area contributed by atoms with E-state index in [2.05, 4.69) is 15.6 Å². The molecule has 1 aliphatic heterocycles. The lowest BCUT2D eigenvalue weighted by Crippen LogP contribution is -2.52. The zero-order valence-electron chi connectivity index (χ0n) is 12.9. The van der Waals surface area contributed by atoms with Crippen molar-refractivity contribution in [2.24, 2.45) is 0 Å². The number of fused-ring (bicyclic) bond motifs is 1. The summed E-state index contributed by atoms with van der Waals surface area (Å²) in [6, 6.07) is 5.53. The molecule has 1 aromatic heterocycles. The van der Waals surface area contributed by atoms with Gasteiger partial charge < -0.3 is 20.5 Å². The Morgan fingerprint density at radius 1 is 1.43 bits per heavy atom. The van der Waals surface area contributed by atoms with Crippen LogP contribution in [0.5, 0.6) is 0 Å². The van der Waals surface area contributed by atoms with Crippen molar-refractivity contribution in [3.8, 4) is 0 Å². The summed E-state index contributed by atoms with van der Waals surface area (Å²) < 4.78 is 13.2. The summed E-state index contributed by atoms with van der Waals surface area (Å²) >= 11 is 0. The fourth-order valence-corrected chi connectivity index (χ4v) is 2.75. The maximum Gasteiger partial charge on any atom is 0.318 e. The number of piperidine rings is 1. The molecule has 0 radical (unpaired) electrons. The lowest BCUT2D eigenvalue weighted by molar-refractivity contribution is -0.124. The highest BCUT2D eigenvalue weighted by Gasteiger charge is 2.24. The Hall–Kier alpha value is -2.57. The Balaban J connectivity index is 1.63. The summed E-state index contributed by atoms with van der Waals surface area (Å²) in [5.41, 5.74) is 1.62. The van der Waals surface area contributed by atoms with Gasteiger partial charge in [0.25, 0.3) is 0 Å². The van der Waals surface area contributed by atoms with Crippen LogP contribution in [0.3, 0.4) is 0 Å². The normalized spacial score (nSPS) is 17.8. The second-order valence-corrected chi connectivity index (χ2v) is 5.82. The average Bonchev–Trinajstić information content (AvgIpc) is 2.90. The standard InChI is InChI=1S/C16H19FN4O2/c1-21(16(23)20-14-3-2-6-18-15(14)22)9-12-8-10-7-11(17)4-5-13(10)19-12/h4-5,7-8,14,19H,2-3,6,9H2,1H3,(H,18,22)(H,20,23)/t14-/m0/s1. The molecule has 122 valence electrons. The van der Waals surface area contributed by atoms with E-state index in [9.17, 15) is 14.0 Å². The smallest absolute Gasteiger partial charge is 0.318 e. The van der Waals surface area contributed by atoms with Crippen LogP contribution < -0.4 is 10.6 Å². The minimum atomic E-state index is -0.476. The number of hydrogen-bond acceptors (Lipinski definition) is 2. The first-order valence-electron chi connectivity index (χ1n) is 7.59. The number of nitrogens with one attached hydrogen (secondary N) is 3. The van der Waals surface area contributed by atoms with Crippen LogP contribution >= 0.6 is 0 Å². The second-order valence-electron chi connectivity index (χ2n) is 5.82. The summed E-state index contributed by atoms with van der Waals surface area (Å²) in [5.74, 6) is -0.434. The summed E-state index contributed by atoms with van der Waals surface area (Å²) in [6.45, 7) is 1.00. The lowest BCUT2D eigenvalue weighted by atomic mass is 10.1. The van der Waals surface area contributed by atoms with Gasteiger partial charge in [-0.15, -0.1) is 0 Å². The number of carbonyl (C=O) groups excluding carboxylic acids is 2. The van der Waals surface area contributed by atoms with Gasteiger partial charge in [-0.1, -0.05) is 0 Å². The van der Waals surface area contributed by atoms with Gasteiger partial charge in [-0.05, 0) is 37.1 Å². The van der Waals surface area contributed by atoms with Crippen LogP contribution in [0.4, 0.5) is 9.18 Å². The number of halogens is 1. The van der Waals surface area contributed by atoms with Gasteiger partial charge in [-0.3, -0.25) is 4.79 Å². The zero-order chi connectivity index (χ0) is 16.4. The molecule has 2 aromatic rings. The average molecular weight is 318 g/mol. The lowest BCUT2D eigenvalue weighted by Gasteiger charge is -2.25. The van der Waals surface area contributed by atoms with Crippen molar-refractivity contribution in [2.75, 3.05) is 13.6 Å². The van der Waals surface area contributed by atoms with Crippen molar-refractivity contribution in [1.29, 1.82) is 0 Å². The van der Waals surface area contributed by atoms with Gasteiger partial charge in [-0.25, -0.2) is 9.18 Å². The zero-order valence-corrected chi connectivity index (χ0v) is 12.9. The third-order valence-electron chi connectivity index (χ3n) is 3.98. The van der Waals surface area contributed by atoms with Crippen LogP contribution in [0.25, 0.3) is 10.9 Å². The van der Waals surface area contributed by atoms with Gasteiger partial charge in [-0.2, -0.15) is 0 Å². The van der Waals surface area contributed by atoms with Crippen LogP contribution in [-0.4, -0.2) is 41.5 Å². The summed E-state index contributed by atoms with van der Waals surface area (Å²) in [5, 5.41) is 6.23. The molecule has 6 nitrogen and oxygen atoms in total. The van der Waals surface area contributed by atoms with Gasteiger partial charge in [0.15, 0.2) is 0 Å². The molecule has 0 bridgehead atoms. The number of rotatable bonds is 3. The van der Waals surface area contributed by atoms with Crippen LogP contribution in [-0.2, 0) is 11.3 Å². The van der Waals surface area contributed by atoms with Crippen LogP contribution in [0.2, 0.25) is 0 Å². The first kappa shape index (κ1) is 15.3. The molecule has 1 atom stereocenters. The molecule has 3 amide bonds. The largest absolute Gasteiger partial charge is 0.357 e. The Kier molecular flexibility index (Phi) is 4.18. The van der Waals surface area contributed by atoms with Gasteiger partial charge in [0.05, 0.1) is 6.54 Å². The van der Waals surface area contributed by atoms with E-state index in [0.29, 0.717) is 19.5 Å². The number of aromatic nitrogens is 1. The molecular formula is C16H19FN4O2. The molecule has 0 saturated carbocycles. The highest BCUT2D eigenvalue weighted by atomic mass is 19.1. The van der Waals surface area contributed by atoms with E-state index >= 15 is 0 Å². The number of urea groups is 1. The van der Waals surface area contributed by atoms with Crippen molar-refractivity contribution in [3.63, 3.8) is 0 Å². The summed E-state index contributed by atoms with van der Waals surface area (Å²) in [6.07, 6.45) is 1.51. The molecule has 2 heterocycles. The fourth-order valence-electron chi connectivity index (χ4n) is 2.75. The van der Waals surface area contributed by atoms with Crippen molar-refractivity contribution in [1.82, 2.24) is 20.5 Å². The predicted octanol–water partition coefficient (Wildman–Crippen LogP) is 1.73. The Bertz CT molecular complexity index is 743. The van der Waals surface area contributed by atoms with Crippen LogP contribution in [0.15, 0.2) is 24.3 Å². The van der Waals surface area contributed by atoms with E-state index < -0.39 is 6.04 Å². The SMILES string of the molecule is CN(Cc1cc2cc(F)ccc2[nH]1)C(=O)N[C@H]1CCCNC1=O. The van der Waals surface area contributed by atoms with Gasteiger partial charge >= 0.3 is 6.03 Å². The minimum Gasteiger partial charge on any atom is -0.357 e. The summed E-state index contributed by atoms with van der Waals surface area (Å²) in [4.78, 5) is 28.5. The van der Waals surface area contributed by atoms with Crippen molar-refractivity contribution >= 4 is 22.8 Å². The molecule has 0 spiro atoms. The molecule has 1 aliphatic rings. The third kappa shape index (κ3) is 3.44. The monoisotopic (exact) mass is 318 g/mol. The summed E-state index contributed by atoms with van der Waals surface area (Å²) in [7, 11) is 1.65. The van der Waals surface area contributed by atoms with Crippen LogP contribution in [0, 0.1) is 5.82 Å². The molecular weight excluding hydrogens is 299 g/mol. The maximum atomic E-state index is 13.2. The topological polar surface area (TPSA) is 77.2 Å². The van der Waals surface area contributed by atoms with Crippen molar-refractivity contribution in [2.45, 2.75) is 25.4 Å². The molecule has 1 aromatic carbocycles. The Morgan fingerprint density at radius 3 is 3.04 bits per heavy atom. The Labute approximate surface area is 133 Å². The molecule has 7 heteroatoms. The number of carbonyl (C=O) groups is 2. The molecule has 1 fully saturated rings. The van der Waals surface area contributed by atoms with E-state index in [4.69, 9.17) is 0 Å². The quantitative estimate of drug-likeness (QED) is 0.806. The van der Waals surface area contributed by atoms with Crippen molar-refractivity contribution < 1.29 is 14.0 Å². The number of aromatic amines is 1. The highest BCUT2D eigenvalue weighted by molar-refractivity contribution is 5.87. The molecule has 0 unspecified atom stereocenters. The molecule has 1 saturated heterocycles. The van der Waals surface area contributed by atoms with E-state index in [1.807, 2.05) is 6.07 Å². The molecule has 3 N–H and O–H groups in total. The van der Waals surface area contributed by atoms with Gasteiger partial charge in [0.2, 0.25) is 5.91 Å². The van der Waals surface area contributed by atoms with E-state index in [1.165, 1.54) is 17.0 Å². The highest BCUT2D eigenvalue weighted by Crippen LogP contribution is 2.17. The van der Waals surface area contributed by atoms with E-state index in [0.717, 1.165) is 23.0 Å². The number of H-pyrrole nitrogens is 1. The number of nitrogens with zero attached hydrogens (tertiary/aromatic N) is 1. The molecule has 3 rings (SSSR count). The number of amides is 3. The van der Waals surface area contributed by atoms with Crippen molar-refractivity contribution in [3.05, 3.63) is 35.8 Å². The van der Waals surface area contributed by atoms with Gasteiger partial charge in [0.1, 0.15) is 11.9 Å². The molecule has 23 heavy (non-hydrogen) atoms. The maximum absolute atomic E-state index is 13.2. The first-order valence-corrected chi connectivity index (χ1v) is 7.59. The number of hydrogen-bond donors (Lipinski definition) is 3. The first-order chi connectivity index (χ1) is 11.0. The van der Waals surface area contributed by atoms with E-state index in [-0.39, 0.29) is 17.8 Å². The minimum absolute atomic E-state index is 0.140. The Morgan fingerprint density at radius 2 is 2.26 bits per heavy atom. The fraction of sp³-hybridized carbons (Fsp3) is 0.375.